The molecule has 0 aromatic heterocycles. The van der Waals surface area contributed by atoms with Gasteiger partial charge in [-0.3, -0.25) is 0 Å². The van der Waals surface area contributed by atoms with E-state index in [1.807, 2.05) is 0 Å². The van der Waals surface area contributed by atoms with E-state index in [1.165, 1.54) is 19.3 Å². The summed E-state index contributed by atoms with van der Waals surface area (Å²) in [5.41, 5.74) is 0.351. The molecule has 0 radical (unpaired) electrons. The molecule has 0 bridgehead atoms. The average molecular weight is 212 g/mol. The monoisotopic (exact) mass is 212 g/mol. The van der Waals surface area contributed by atoms with Crippen molar-refractivity contribution in [2.24, 2.45) is 5.41 Å². The number of hydrogen-bond donors (Lipinski definition) is 2. The van der Waals surface area contributed by atoms with Gasteiger partial charge in [0.1, 0.15) is 0 Å². The lowest BCUT2D eigenvalue weighted by Gasteiger charge is -2.38. The summed E-state index contributed by atoms with van der Waals surface area (Å²) in [6.07, 6.45) is 4.71. The Morgan fingerprint density at radius 2 is 2.33 bits per heavy atom. The molecule has 2 fully saturated rings. The zero-order chi connectivity index (χ0) is 10.7. The SMILES string of the molecule is CC1(CNC(=O)NC2CCOC2)CCC1. The molecule has 1 unspecified atom stereocenters. The molecule has 0 aromatic rings. The molecular weight excluding hydrogens is 192 g/mol. The number of ether oxygens (including phenoxy) is 1. The fourth-order valence-corrected chi connectivity index (χ4v) is 2.14. The van der Waals surface area contributed by atoms with E-state index in [-0.39, 0.29) is 12.1 Å². The molecule has 2 rings (SSSR count). The van der Waals surface area contributed by atoms with Crippen LogP contribution in [0.15, 0.2) is 0 Å². The van der Waals surface area contributed by atoms with Crippen LogP contribution < -0.4 is 10.6 Å². The fraction of sp³-hybridized carbons (Fsp3) is 0.909. The highest BCUT2D eigenvalue weighted by atomic mass is 16.5. The summed E-state index contributed by atoms with van der Waals surface area (Å²) in [6, 6.07) is 0.165. The fourth-order valence-electron chi connectivity index (χ4n) is 2.14. The van der Waals surface area contributed by atoms with E-state index in [1.54, 1.807) is 0 Å². The predicted molar refractivity (Wildman–Crippen MR) is 57.7 cm³/mol. The van der Waals surface area contributed by atoms with E-state index < -0.39 is 0 Å². The third-order valence-corrected chi connectivity index (χ3v) is 3.50. The van der Waals surface area contributed by atoms with Crippen LogP contribution >= 0.6 is 0 Å². The lowest BCUT2D eigenvalue weighted by Crippen LogP contribution is -2.47. The van der Waals surface area contributed by atoms with Crippen molar-refractivity contribution in [3.8, 4) is 0 Å². The molecule has 4 nitrogen and oxygen atoms in total. The second kappa shape index (κ2) is 4.39. The van der Waals surface area contributed by atoms with Crippen molar-refractivity contribution >= 4 is 6.03 Å². The Morgan fingerprint density at radius 1 is 1.53 bits per heavy atom. The number of amides is 2. The normalized spacial score (nSPS) is 28.2. The Labute approximate surface area is 90.8 Å². The molecule has 2 aliphatic rings. The second-order valence-electron chi connectivity index (χ2n) is 5.05. The Kier molecular flexibility index (Phi) is 3.14. The van der Waals surface area contributed by atoms with Crippen molar-refractivity contribution in [1.29, 1.82) is 0 Å². The predicted octanol–water partition coefficient (Wildman–Crippen LogP) is 1.26. The van der Waals surface area contributed by atoms with Gasteiger partial charge in [0.15, 0.2) is 0 Å². The van der Waals surface area contributed by atoms with Crippen molar-refractivity contribution in [3.05, 3.63) is 0 Å². The van der Waals surface area contributed by atoms with E-state index in [9.17, 15) is 4.79 Å². The molecule has 4 heteroatoms. The van der Waals surface area contributed by atoms with Gasteiger partial charge in [-0.05, 0) is 24.7 Å². The summed E-state index contributed by atoms with van der Waals surface area (Å²) in [6.45, 7) is 4.45. The third kappa shape index (κ3) is 2.84. The first-order valence-corrected chi connectivity index (χ1v) is 5.80. The minimum Gasteiger partial charge on any atom is -0.379 e. The van der Waals surface area contributed by atoms with E-state index in [2.05, 4.69) is 17.6 Å². The number of carbonyl (C=O) groups is 1. The molecule has 1 atom stereocenters. The first-order valence-electron chi connectivity index (χ1n) is 5.80. The first-order chi connectivity index (χ1) is 7.18. The number of carbonyl (C=O) groups excluding carboxylic acids is 1. The van der Waals surface area contributed by atoms with E-state index in [0.717, 1.165) is 19.6 Å². The largest absolute Gasteiger partial charge is 0.379 e. The van der Waals surface area contributed by atoms with Crippen LogP contribution in [0, 0.1) is 5.41 Å². The van der Waals surface area contributed by atoms with Crippen LogP contribution in [0.25, 0.3) is 0 Å². The molecule has 1 saturated heterocycles. The standard InChI is InChI=1S/C11H20N2O2/c1-11(4-2-5-11)8-12-10(14)13-9-3-6-15-7-9/h9H,2-8H2,1H3,(H2,12,13,14). The number of rotatable bonds is 3. The van der Waals surface area contributed by atoms with Crippen molar-refractivity contribution in [2.45, 2.75) is 38.6 Å². The Hall–Kier alpha value is -0.770. The Bertz CT molecular complexity index is 233. The number of nitrogens with one attached hydrogen (secondary N) is 2. The van der Waals surface area contributed by atoms with E-state index in [0.29, 0.717) is 12.0 Å². The molecular formula is C11H20N2O2. The highest BCUT2D eigenvalue weighted by Crippen LogP contribution is 2.39. The zero-order valence-electron chi connectivity index (χ0n) is 9.34. The van der Waals surface area contributed by atoms with E-state index in [4.69, 9.17) is 4.74 Å². The van der Waals surface area contributed by atoms with Crippen LogP contribution in [0.2, 0.25) is 0 Å². The summed E-state index contributed by atoms with van der Waals surface area (Å²) < 4.78 is 5.19. The molecule has 2 amide bonds. The number of hydrogen-bond acceptors (Lipinski definition) is 2. The van der Waals surface area contributed by atoms with Gasteiger partial charge in [0, 0.05) is 13.2 Å². The summed E-state index contributed by atoms with van der Waals surface area (Å²) in [7, 11) is 0. The molecule has 1 aliphatic heterocycles. The topological polar surface area (TPSA) is 50.4 Å². The first kappa shape index (κ1) is 10.7. The van der Waals surface area contributed by atoms with Crippen molar-refractivity contribution in [1.82, 2.24) is 10.6 Å². The van der Waals surface area contributed by atoms with Crippen molar-refractivity contribution < 1.29 is 9.53 Å². The van der Waals surface area contributed by atoms with Gasteiger partial charge < -0.3 is 15.4 Å². The maximum atomic E-state index is 11.5. The van der Waals surface area contributed by atoms with Crippen LogP contribution in [0.1, 0.15) is 32.6 Å². The van der Waals surface area contributed by atoms with Gasteiger partial charge in [-0.15, -0.1) is 0 Å². The minimum atomic E-state index is -0.0429. The highest BCUT2D eigenvalue weighted by molar-refractivity contribution is 5.74. The van der Waals surface area contributed by atoms with Gasteiger partial charge in [0.05, 0.1) is 12.6 Å². The van der Waals surface area contributed by atoms with Crippen molar-refractivity contribution in [3.63, 3.8) is 0 Å². The summed E-state index contributed by atoms with van der Waals surface area (Å²) >= 11 is 0. The van der Waals surface area contributed by atoms with Crippen molar-refractivity contribution in [2.75, 3.05) is 19.8 Å². The quantitative estimate of drug-likeness (QED) is 0.740. The van der Waals surface area contributed by atoms with Gasteiger partial charge >= 0.3 is 6.03 Å². The molecule has 1 saturated carbocycles. The lowest BCUT2D eigenvalue weighted by molar-refractivity contribution is 0.155. The summed E-state index contributed by atoms with van der Waals surface area (Å²) in [5, 5.41) is 5.87. The molecule has 0 aromatic carbocycles. The van der Waals surface area contributed by atoms with Crippen LogP contribution in [-0.2, 0) is 4.74 Å². The van der Waals surface area contributed by atoms with E-state index >= 15 is 0 Å². The van der Waals surface area contributed by atoms with Crippen LogP contribution in [0.4, 0.5) is 4.79 Å². The molecule has 1 aliphatic carbocycles. The second-order valence-corrected chi connectivity index (χ2v) is 5.05. The van der Waals surface area contributed by atoms with Crippen LogP contribution in [0.5, 0.6) is 0 Å². The molecule has 2 N–H and O–H groups in total. The van der Waals surface area contributed by atoms with Gasteiger partial charge in [0.25, 0.3) is 0 Å². The highest BCUT2D eigenvalue weighted by Gasteiger charge is 2.32. The Morgan fingerprint density at radius 3 is 2.87 bits per heavy atom. The maximum Gasteiger partial charge on any atom is 0.315 e. The Balaban J connectivity index is 1.63. The molecule has 1 heterocycles. The molecule has 0 spiro atoms. The van der Waals surface area contributed by atoms with Crippen LogP contribution in [-0.4, -0.2) is 31.8 Å². The molecule has 86 valence electrons. The number of urea groups is 1. The average Bonchev–Trinajstić information content (AvgIpc) is 2.64. The summed E-state index contributed by atoms with van der Waals surface area (Å²) in [5.74, 6) is 0. The smallest absolute Gasteiger partial charge is 0.315 e. The van der Waals surface area contributed by atoms with Gasteiger partial charge in [0.2, 0.25) is 0 Å². The third-order valence-electron chi connectivity index (χ3n) is 3.50. The minimum absolute atomic E-state index is 0.0429. The van der Waals surface area contributed by atoms with Gasteiger partial charge in [-0.1, -0.05) is 13.3 Å². The molecule has 15 heavy (non-hydrogen) atoms. The van der Waals surface area contributed by atoms with Crippen LogP contribution in [0.3, 0.4) is 0 Å². The van der Waals surface area contributed by atoms with Gasteiger partial charge in [-0.25, -0.2) is 4.79 Å². The van der Waals surface area contributed by atoms with Gasteiger partial charge in [-0.2, -0.15) is 0 Å². The summed E-state index contributed by atoms with van der Waals surface area (Å²) in [4.78, 5) is 11.5. The zero-order valence-corrected chi connectivity index (χ0v) is 9.34. The maximum absolute atomic E-state index is 11.5. The lowest BCUT2D eigenvalue weighted by atomic mass is 9.70.